The van der Waals surface area contributed by atoms with Gasteiger partial charge in [-0.3, -0.25) is 0 Å². The standard InChI is InChI=1S/C21H22ClFN2O4/c1-11-3-2-4-15(22)17(11)18-14(19(29-24-18)21(23)5-6-21)10-28-16-8-13-7-12(16)9-25(13)20(26)27/h2-4,12-13,16H,5-10H2,1H3,(H,26,27)/t12-,13-,16+/m0/s1. The molecule has 1 aromatic heterocycles. The number of carboxylic acid groups (broad SMARTS) is 1. The lowest BCUT2D eigenvalue weighted by Crippen LogP contribution is -2.41. The lowest BCUT2D eigenvalue weighted by Gasteiger charge is -2.29. The fraction of sp³-hybridized carbons (Fsp3) is 0.524. The largest absolute Gasteiger partial charge is 0.465 e. The van der Waals surface area contributed by atoms with Gasteiger partial charge in [-0.15, -0.1) is 0 Å². The molecular weight excluding hydrogens is 399 g/mol. The van der Waals surface area contributed by atoms with Crippen molar-refractivity contribution >= 4 is 17.7 Å². The summed E-state index contributed by atoms with van der Waals surface area (Å²) in [6.07, 6.45) is 1.39. The average molecular weight is 421 g/mol. The Balaban J connectivity index is 1.41. The van der Waals surface area contributed by atoms with E-state index < -0.39 is 11.8 Å². The highest BCUT2D eigenvalue weighted by molar-refractivity contribution is 6.33. The van der Waals surface area contributed by atoms with E-state index >= 15 is 0 Å². The van der Waals surface area contributed by atoms with Gasteiger partial charge >= 0.3 is 6.09 Å². The fourth-order valence-electron chi connectivity index (χ4n) is 4.80. The van der Waals surface area contributed by atoms with E-state index in [0.717, 1.165) is 17.5 Å². The lowest BCUT2D eigenvalue weighted by molar-refractivity contribution is -0.00851. The summed E-state index contributed by atoms with van der Waals surface area (Å²) in [5.74, 6) is 0.410. The van der Waals surface area contributed by atoms with Crippen LogP contribution in [-0.4, -0.2) is 39.9 Å². The average Bonchev–Trinajstić information content (AvgIpc) is 3.03. The van der Waals surface area contributed by atoms with Gasteiger partial charge in [0.15, 0.2) is 11.4 Å². The van der Waals surface area contributed by atoms with Crippen LogP contribution in [0.1, 0.15) is 42.6 Å². The van der Waals surface area contributed by atoms with Crippen LogP contribution in [0.15, 0.2) is 22.7 Å². The summed E-state index contributed by atoms with van der Waals surface area (Å²) in [5.41, 5.74) is 1.33. The summed E-state index contributed by atoms with van der Waals surface area (Å²) in [6, 6.07) is 5.57. The number of aryl methyl sites for hydroxylation is 1. The molecule has 5 rings (SSSR count). The van der Waals surface area contributed by atoms with E-state index in [-0.39, 0.29) is 30.4 Å². The highest BCUT2D eigenvalue weighted by atomic mass is 35.5. The van der Waals surface area contributed by atoms with Crippen LogP contribution in [0, 0.1) is 12.8 Å². The number of likely N-dealkylation sites (tertiary alicyclic amines) is 1. The van der Waals surface area contributed by atoms with Crippen LogP contribution in [0.5, 0.6) is 0 Å². The maximum atomic E-state index is 14.9. The molecular formula is C21H22ClFN2O4. The lowest BCUT2D eigenvalue weighted by atomic mass is 10.00. The molecule has 1 aromatic carbocycles. The topological polar surface area (TPSA) is 75.8 Å². The molecule has 3 fully saturated rings. The van der Waals surface area contributed by atoms with Crippen molar-refractivity contribution in [3.63, 3.8) is 0 Å². The van der Waals surface area contributed by atoms with E-state index in [1.807, 2.05) is 19.1 Å². The molecule has 154 valence electrons. The van der Waals surface area contributed by atoms with Crippen LogP contribution in [0.3, 0.4) is 0 Å². The summed E-state index contributed by atoms with van der Waals surface area (Å²) in [5, 5.41) is 14.0. The molecule has 3 atom stereocenters. The smallest absolute Gasteiger partial charge is 0.407 e. The molecule has 1 saturated heterocycles. The van der Waals surface area contributed by atoms with Gasteiger partial charge in [0.05, 0.1) is 23.3 Å². The third-order valence-electron chi connectivity index (χ3n) is 6.51. The van der Waals surface area contributed by atoms with Crippen molar-refractivity contribution in [2.24, 2.45) is 5.92 Å². The minimum absolute atomic E-state index is 0.00526. The van der Waals surface area contributed by atoms with Gasteiger partial charge in [0.1, 0.15) is 5.69 Å². The molecule has 2 heterocycles. The first-order valence-electron chi connectivity index (χ1n) is 9.92. The number of aromatic nitrogens is 1. The van der Waals surface area contributed by atoms with Crippen molar-refractivity contribution in [3.8, 4) is 11.3 Å². The van der Waals surface area contributed by atoms with E-state index in [1.165, 1.54) is 4.90 Å². The highest BCUT2D eigenvalue weighted by Gasteiger charge is 2.52. The zero-order valence-electron chi connectivity index (χ0n) is 16.0. The maximum Gasteiger partial charge on any atom is 0.407 e. The number of rotatable bonds is 5. The number of ether oxygens (including phenoxy) is 1. The van der Waals surface area contributed by atoms with Gasteiger partial charge in [-0.2, -0.15) is 0 Å². The fourth-order valence-corrected chi connectivity index (χ4v) is 5.11. The third-order valence-corrected chi connectivity index (χ3v) is 6.82. The van der Waals surface area contributed by atoms with E-state index in [0.29, 0.717) is 42.1 Å². The van der Waals surface area contributed by atoms with E-state index in [2.05, 4.69) is 5.16 Å². The second-order valence-electron chi connectivity index (χ2n) is 8.41. The summed E-state index contributed by atoms with van der Waals surface area (Å²) >= 11 is 6.42. The van der Waals surface area contributed by atoms with Crippen LogP contribution in [0.4, 0.5) is 9.18 Å². The summed E-state index contributed by atoms with van der Waals surface area (Å²) in [6.45, 7) is 2.59. The Bertz CT molecular complexity index is 953. The molecule has 0 spiro atoms. The number of benzene rings is 1. The summed E-state index contributed by atoms with van der Waals surface area (Å²) < 4.78 is 26.6. The van der Waals surface area contributed by atoms with Crippen molar-refractivity contribution in [2.75, 3.05) is 6.54 Å². The van der Waals surface area contributed by atoms with Crippen LogP contribution in [0.25, 0.3) is 11.3 Å². The van der Waals surface area contributed by atoms with E-state index in [4.69, 9.17) is 20.9 Å². The Morgan fingerprint density at radius 3 is 2.86 bits per heavy atom. The number of halogens is 2. The number of fused-ring (bicyclic) bond motifs is 2. The Labute approximate surface area is 172 Å². The monoisotopic (exact) mass is 420 g/mol. The number of piperidine rings is 1. The molecule has 29 heavy (non-hydrogen) atoms. The maximum absolute atomic E-state index is 14.9. The first-order valence-corrected chi connectivity index (χ1v) is 10.3. The molecule has 2 aliphatic carbocycles. The molecule has 1 aliphatic heterocycles. The predicted octanol–water partition coefficient (Wildman–Crippen LogP) is 4.92. The third kappa shape index (κ3) is 3.11. The van der Waals surface area contributed by atoms with Crippen LogP contribution >= 0.6 is 11.6 Å². The number of nitrogens with zero attached hydrogens (tertiary/aromatic N) is 2. The molecule has 3 aliphatic rings. The van der Waals surface area contributed by atoms with Gasteiger partial charge in [0.2, 0.25) is 0 Å². The molecule has 0 radical (unpaired) electrons. The van der Waals surface area contributed by atoms with Gasteiger partial charge in [0.25, 0.3) is 0 Å². The van der Waals surface area contributed by atoms with Gasteiger partial charge < -0.3 is 19.3 Å². The molecule has 0 unspecified atom stereocenters. The van der Waals surface area contributed by atoms with Gasteiger partial charge in [-0.25, -0.2) is 9.18 Å². The Kier molecular flexibility index (Phi) is 4.37. The molecule has 2 aromatic rings. The first-order chi connectivity index (χ1) is 13.9. The summed E-state index contributed by atoms with van der Waals surface area (Å²) in [4.78, 5) is 12.8. The molecule has 8 heteroatoms. The first kappa shape index (κ1) is 18.9. The molecule has 1 amide bonds. The van der Waals surface area contributed by atoms with Gasteiger partial charge in [0, 0.05) is 24.1 Å². The number of hydrogen-bond acceptors (Lipinski definition) is 4. The SMILES string of the molecule is Cc1cccc(Cl)c1-c1noc(C2(F)CC2)c1CO[C@@H]1C[C@@H]2C[C@H]1CN2C(=O)O. The van der Waals surface area contributed by atoms with E-state index in [1.54, 1.807) is 6.07 Å². The normalized spacial score (nSPS) is 26.9. The Morgan fingerprint density at radius 2 is 2.24 bits per heavy atom. The Hall–Kier alpha value is -2.12. The van der Waals surface area contributed by atoms with Crippen molar-refractivity contribution in [1.82, 2.24) is 10.1 Å². The van der Waals surface area contributed by atoms with E-state index in [9.17, 15) is 14.3 Å². The van der Waals surface area contributed by atoms with Crippen molar-refractivity contribution in [2.45, 2.75) is 57.0 Å². The van der Waals surface area contributed by atoms with Crippen LogP contribution in [0.2, 0.25) is 5.02 Å². The molecule has 2 saturated carbocycles. The Morgan fingerprint density at radius 1 is 1.45 bits per heavy atom. The second kappa shape index (κ2) is 6.71. The zero-order chi connectivity index (χ0) is 20.3. The number of alkyl halides is 1. The van der Waals surface area contributed by atoms with Crippen molar-refractivity contribution in [3.05, 3.63) is 40.1 Å². The zero-order valence-corrected chi connectivity index (χ0v) is 16.8. The number of hydrogen-bond donors (Lipinski definition) is 1. The minimum atomic E-state index is -1.48. The highest BCUT2D eigenvalue weighted by Crippen LogP contribution is 2.53. The predicted molar refractivity (Wildman–Crippen MR) is 104 cm³/mol. The molecule has 6 nitrogen and oxygen atoms in total. The van der Waals surface area contributed by atoms with Crippen molar-refractivity contribution < 1.29 is 23.6 Å². The molecule has 1 N–H and O–H groups in total. The van der Waals surface area contributed by atoms with Crippen LogP contribution in [-0.2, 0) is 17.0 Å². The minimum Gasteiger partial charge on any atom is -0.465 e. The van der Waals surface area contributed by atoms with Crippen molar-refractivity contribution in [1.29, 1.82) is 0 Å². The number of carbonyl (C=O) groups is 1. The molecule has 2 bridgehead atoms. The van der Waals surface area contributed by atoms with Gasteiger partial charge in [-0.1, -0.05) is 28.9 Å². The second-order valence-corrected chi connectivity index (χ2v) is 8.81. The summed E-state index contributed by atoms with van der Waals surface area (Å²) in [7, 11) is 0. The van der Waals surface area contributed by atoms with Gasteiger partial charge in [-0.05, 0) is 44.2 Å². The quantitative estimate of drug-likeness (QED) is 0.743. The number of amides is 1. The van der Waals surface area contributed by atoms with Crippen LogP contribution < -0.4 is 0 Å².